The molecule has 2 heteroatoms. The molecule has 0 N–H and O–H groups in total. The number of halogens is 1. The van der Waals surface area contributed by atoms with Crippen molar-refractivity contribution >= 4 is 28.8 Å². The van der Waals surface area contributed by atoms with Crippen LogP contribution in [0.2, 0.25) is 5.54 Å². The molecule has 0 heterocycles. The smallest absolute Gasteiger partial charge is 0.154 e. The molecule has 0 aromatic heterocycles. The standard InChI is InChI=1S/C29H25ClSi/c1-22-21-28-26(23-13-5-2-6-14-23)19-11-12-20-27(28)29(22)31(30,24-15-7-3-8-16-24)25-17-9-4-10-18-25/h2-21,26,29H,1H3. The van der Waals surface area contributed by atoms with Crippen molar-refractivity contribution in [2.75, 3.05) is 0 Å². The summed E-state index contributed by atoms with van der Waals surface area (Å²) < 4.78 is 0. The van der Waals surface area contributed by atoms with E-state index in [-0.39, 0.29) is 11.5 Å². The molecule has 3 aromatic carbocycles. The van der Waals surface area contributed by atoms with Gasteiger partial charge in [-0.2, -0.15) is 11.1 Å². The summed E-state index contributed by atoms with van der Waals surface area (Å²) in [6.07, 6.45) is 11.4. The Morgan fingerprint density at radius 1 is 0.677 bits per heavy atom. The predicted molar refractivity (Wildman–Crippen MR) is 136 cm³/mol. The fourth-order valence-electron chi connectivity index (χ4n) is 5.06. The zero-order valence-electron chi connectivity index (χ0n) is 17.6. The Kier molecular flexibility index (Phi) is 5.39. The van der Waals surface area contributed by atoms with Gasteiger partial charge in [0.15, 0.2) is 0 Å². The highest BCUT2D eigenvalue weighted by atomic mass is 35.6. The summed E-state index contributed by atoms with van der Waals surface area (Å²) in [6.45, 7) is 2.26. The van der Waals surface area contributed by atoms with Crippen LogP contribution in [0.5, 0.6) is 0 Å². The molecule has 2 aliphatic rings. The van der Waals surface area contributed by atoms with Gasteiger partial charge in [0.25, 0.3) is 0 Å². The maximum absolute atomic E-state index is 7.87. The first-order chi connectivity index (χ1) is 15.2. The molecule has 2 unspecified atom stereocenters. The topological polar surface area (TPSA) is 0 Å². The molecule has 0 fully saturated rings. The third-order valence-corrected chi connectivity index (χ3v) is 12.3. The van der Waals surface area contributed by atoms with Crippen molar-refractivity contribution in [1.82, 2.24) is 0 Å². The highest BCUT2D eigenvalue weighted by molar-refractivity contribution is 7.35. The SMILES string of the molecule is CC1=CC2=C(C=CC=CC2c2ccccc2)C1[Si](Cl)(c1ccccc1)c1ccccc1. The second-order valence-corrected chi connectivity index (χ2v) is 13.3. The van der Waals surface area contributed by atoms with Gasteiger partial charge in [-0.25, -0.2) is 0 Å². The van der Waals surface area contributed by atoms with E-state index >= 15 is 0 Å². The molecule has 2 atom stereocenters. The van der Waals surface area contributed by atoms with E-state index in [2.05, 4.69) is 128 Å². The van der Waals surface area contributed by atoms with Gasteiger partial charge in [-0.1, -0.05) is 127 Å². The van der Waals surface area contributed by atoms with Crippen LogP contribution in [0, 0.1) is 0 Å². The Morgan fingerprint density at radius 2 is 1.23 bits per heavy atom. The highest BCUT2D eigenvalue weighted by Gasteiger charge is 2.48. The molecule has 5 rings (SSSR count). The van der Waals surface area contributed by atoms with E-state index in [0.717, 1.165) is 0 Å². The lowest BCUT2D eigenvalue weighted by Crippen LogP contribution is -2.57. The van der Waals surface area contributed by atoms with Crippen molar-refractivity contribution in [1.29, 1.82) is 0 Å². The van der Waals surface area contributed by atoms with E-state index in [4.69, 9.17) is 11.1 Å². The van der Waals surface area contributed by atoms with Gasteiger partial charge in [-0.05, 0) is 34.0 Å². The number of allylic oxidation sites excluding steroid dienone is 8. The zero-order chi connectivity index (χ0) is 21.3. The Morgan fingerprint density at radius 3 is 1.81 bits per heavy atom. The summed E-state index contributed by atoms with van der Waals surface area (Å²) in [4.78, 5) is 0. The van der Waals surface area contributed by atoms with Crippen LogP contribution in [0.25, 0.3) is 0 Å². The van der Waals surface area contributed by atoms with Gasteiger partial charge in [-0.15, -0.1) is 0 Å². The summed E-state index contributed by atoms with van der Waals surface area (Å²) in [7, 11) is -2.63. The predicted octanol–water partition coefficient (Wildman–Crippen LogP) is 6.52. The summed E-state index contributed by atoms with van der Waals surface area (Å²) in [5.41, 5.74) is 5.62. The van der Waals surface area contributed by atoms with Crippen LogP contribution < -0.4 is 10.4 Å². The van der Waals surface area contributed by atoms with Gasteiger partial charge in [0.1, 0.15) is 0 Å². The fraction of sp³-hybridized carbons (Fsp3) is 0.103. The molecular formula is C29H25ClSi. The number of benzene rings is 3. The van der Waals surface area contributed by atoms with Gasteiger partial charge >= 0.3 is 0 Å². The van der Waals surface area contributed by atoms with Crippen molar-refractivity contribution in [3.63, 3.8) is 0 Å². The van der Waals surface area contributed by atoms with Gasteiger partial charge in [-0.3, -0.25) is 0 Å². The Balaban J connectivity index is 1.71. The molecular weight excluding hydrogens is 412 g/mol. The molecule has 0 spiro atoms. The quantitative estimate of drug-likeness (QED) is 0.322. The van der Waals surface area contributed by atoms with E-state index in [1.165, 1.54) is 32.7 Å². The number of hydrogen-bond donors (Lipinski definition) is 0. The minimum atomic E-state index is -2.63. The Labute approximate surface area is 190 Å². The van der Waals surface area contributed by atoms with Crippen LogP contribution in [0.4, 0.5) is 0 Å². The number of rotatable bonds is 4. The number of hydrogen-bond acceptors (Lipinski definition) is 0. The maximum Gasteiger partial charge on any atom is 0.228 e. The lowest BCUT2D eigenvalue weighted by atomic mass is 9.90. The van der Waals surface area contributed by atoms with E-state index < -0.39 is 7.38 Å². The van der Waals surface area contributed by atoms with Gasteiger partial charge in [0.05, 0.1) is 0 Å². The van der Waals surface area contributed by atoms with Crippen molar-refractivity contribution in [3.05, 3.63) is 144 Å². The molecule has 31 heavy (non-hydrogen) atoms. The molecule has 0 saturated carbocycles. The van der Waals surface area contributed by atoms with Crippen molar-refractivity contribution in [3.8, 4) is 0 Å². The van der Waals surface area contributed by atoms with Crippen molar-refractivity contribution in [2.45, 2.75) is 18.4 Å². The minimum absolute atomic E-state index is 0.191. The lowest BCUT2D eigenvalue weighted by Gasteiger charge is -2.34. The summed E-state index contributed by atoms with van der Waals surface area (Å²) in [5.74, 6) is 0.243. The van der Waals surface area contributed by atoms with Crippen molar-refractivity contribution < 1.29 is 0 Å². The average Bonchev–Trinajstić information content (AvgIpc) is 3.02. The Hall–Kier alpha value is -2.87. The van der Waals surface area contributed by atoms with Crippen LogP contribution in [0.15, 0.2) is 138 Å². The van der Waals surface area contributed by atoms with E-state index in [1.807, 2.05) is 0 Å². The van der Waals surface area contributed by atoms with Crippen LogP contribution in [0.3, 0.4) is 0 Å². The first-order valence-electron chi connectivity index (χ1n) is 10.8. The monoisotopic (exact) mass is 436 g/mol. The normalized spacial score (nSPS) is 20.4. The molecule has 0 radical (unpaired) electrons. The van der Waals surface area contributed by atoms with E-state index in [9.17, 15) is 0 Å². The largest absolute Gasteiger partial charge is 0.228 e. The second kappa shape index (κ2) is 8.34. The van der Waals surface area contributed by atoms with Gasteiger partial charge < -0.3 is 0 Å². The molecule has 0 saturated heterocycles. The zero-order valence-corrected chi connectivity index (χ0v) is 19.3. The molecule has 0 amide bonds. The summed E-state index contributed by atoms with van der Waals surface area (Å²) >= 11 is 7.87. The average molecular weight is 437 g/mol. The third kappa shape index (κ3) is 3.48. The Bertz CT molecular complexity index is 1150. The molecule has 0 bridgehead atoms. The van der Waals surface area contributed by atoms with Crippen LogP contribution in [-0.4, -0.2) is 7.38 Å². The minimum Gasteiger partial charge on any atom is -0.154 e. The molecule has 3 aromatic rings. The van der Waals surface area contributed by atoms with E-state index in [0.29, 0.717) is 0 Å². The molecule has 152 valence electrons. The first kappa shape index (κ1) is 20.1. The van der Waals surface area contributed by atoms with Gasteiger partial charge in [0, 0.05) is 11.5 Å². The third-order valence-electron chi connectivity index (χ3n) is 6.45. The van der Waals surface area contributed by atoms with Crippen molar-refractivity contribution in [2.24, 2.45) is 0 Å². The lowest BCUT2D eigenvalue weighted by molar-refractivity contribution is 1.02. The summed E-state index contributed by atoms with van der Waals surface area (Å²) in [5, 5.41) is 2.52. The fourth-order valence-corrected chi connectivity index (χ4v) is 10.4. The van der Waals surface area contributed by atoms with Gasteiger partial charge in [0.2, 0.25) is 7.38 Å². The second-order valence-electron chi connectivity index (χ2n) is 8.31. The van der Waals surface area contributed by atoms with Crippen LogP contribution >= 0.6 is 11.1 Å². The maximum atomic E-state index is 7.87. The molecule has 0 nitrogen and oxygen atoms in total. The van der Waals surface area contributed by atoms with Crippen LogP contribution in [0.1, 0.15) is 18.4 Å². The summed E-state index contributed by atoms with van der Waals surface area (Å²) in [6, 6.07) is 32.2. The van der Waals surface area contributed by atoms with Crippen LogP contribution in [-0.2, 0) is 0 Å². The first-order valence-corrected chi connectivity index (χ1v) is 13.9. The van der Waals surface area contributed by atoms with E-state index in [1.54, 1.807) is 0 Å². The molecule has 2 aliphatic carbocycles. The molecule has 0 aliphatic heterocycles. The highest BCUT2D eigenvalue weighted by Crippen LogP contribution is 2.49.